The molecule has 0 aliphatic carbocycles. The van der Waals surface area contributed by atoms with E-state index in [2.05, 4.69) is 21.2 Å². The molecule has 2 rings (SSSR count). The SMILES string of the molecule is CCOC(=O)[C@@H]1CNc2cc(Br)ccc2O1. The lowest BCUT2D eigenvalue weighted by Crippen LogP contribution is -2.38. The maximum absolute atomic E-state index is 11.5. The van der Waals surface area contributed by atoms with Gasteiger partial charge in [-0.2, -0.15) is 0 Å². The van der Waals surface area contributed by atoms with Crippen LogP contribution in [0.2, 0.25) is 0 Å². The van der Waals surface area contributed by atoms with E-state index in [0.717, 1.165) is 10.2 Å². The molecule has 0 radical (unpaired) electrons. The van der Waals surface area contributed by atoms with Gasteiger partial charge in [-0.25, -0.2) is 4.79 Å². The van der Waals surface area contributed by atoms with Crippen LogP contribution >= 0.6 is 15.9 Å². The summed E-state index contributed by atoms with van der Waals surface area (Å²) in [6.45, 7) is 2.58. The maximum atomic E-state index is 11.5. The van der Waals surface area contributed by atoms with Gasteiger partial charge in [0.1, 0.15) is 5.75 Å². The van der Waals surface area contributed by atoms with Crippen LogP contribution < -0.4 is 10.1 Å². The predicted octanol–water partition coefficient (Wildman–Crippen LogP) is 2.19. The molecular weight excluding hydrogens is 274 g/mol. The molecule has 0 saturated heterocycles. The van der Waals surface area contributed by atoms with Crippen molar-refractivity contribution in [1.82, 2.24) is 0 Å². The summed E-state index contributed by atoms with van der Waals surface area (Å²) in [6, 6.07) is 5.60. The third kappa shape index (κ3) is 2.29. The molecule has 1 aromatic carbocycles. The van der Waals surface area contributed by atoms with Gasteiger partial charge in [0.2, 0.25) is 6.10 Å². The highest BCUT2D eigenvalue weighted by molar-refractivity contribution is 9.10. The molecule has 0 amide bonds. The molecule has 0 unspecified atom stereocenters. The number of ether oxygens (including phenoxy) is 2. The molecular formula is C11H12BrNO3. The summed E-state index contributed by atoms with van der Waals surface area (Å²) in [5.41, 5.74) is 0.884. The van der Waals surface area contributed by atoms with E-state index in [1.54, 1.807) is 6.92 Å². The molecule has 16 heavy (non-hydrogen) atoms. The zero-order valence-electron chi connectivity index (χ0n) is 8.83. The van der Waals surface area contributed by atoms with E-state index in [0.29, 0.717) is 18.9 Å². The monoisotopic (exact) mass is 285 g/mol. The summed E-state index contributed by atoms with van der Waals surface area (Å²) in [5, 5.41) is 3.14. The molecule has 5 heteroatoms. The van der Waals surface area contributed by atoms with Crippen molar-refractivity contribution in [2.45, 2.75) is 13.0 Å². The highest BCUT2D eigenvalue weighted by Gasteiger charge is 2.26. The normalized spacial score (nSPS) is 18.0. The second-order valence-electron chi connectivity index (χ2n) is 3.38. The molecule has 1 heterocycles. The number of carbonyl (C=O) groups excluding carboxylic acids is 1. The minimum Gasteiger partial charge on any atom is -0.475 e. The van der Waals surface area contributed by atoms with Crippen LogP contribution in [0.4, 0.5) is 5.69 Å². The Hall–Kier alpha value is -1.23. The number of anilines is 1. The van der Waals surface area contributed by atoms with Gasteiger partial charge in [0.05, 0.1) is 18.8 Å². The molecule has 0 bridgehead atoms. The molecule has 0 spiro atoms. The fraction of sp³-hybridized carbons (Fsp3) is 0.364. The Morgan fingerprint density at radius 3 is 3.25 bits per heavy atom. The largest absolute Gasteiger partial charge is 0.475 e. The molecule has 1 aliphatic rings. The van der Waals surface area contributed by atoms with Crippen molar-refractivity contribution in [3.63, 3.8) is 0 Å². The molecule has 1 N–H and O–H groups in total. The maximum Gasteiger partial charge on any atom is 0.349 e. The zero-order chi connectivity index (χ0) is 11.5. The van der Waals surface area contributed by atoms with E-state index < -0.39 is 6.10 Å². The second-order valence-corrected chi connectivity index (χ2v) is 4.30. The van der Waals surface area contributed by atoms with Gasteiger partial charge in [0.25, 0.3) is 0 Å². The van der Waals surface area contributed by atoms with Gasteiger partial charge in [0, 0.05) is 4.47 Å². The number of benzene rings is 1. The number of rotatable bonds is 2. The number of hydrogen-bond donors (Lipinski definition) is 1. The smallest absolute Gasteiger partial charge is 0.349 e. The van der Waals surface area contributed by atoms with Crippen molar-refractivity contribution >= 4 is 27.6 Å². The summed E-state index contributed by atoms with van der Waals surface area (Å²) in [5.74, 6) is 0.344. The van der Waals surface area contributed by atoms with Crippen molar-refractivity contribution < 1.29 is 14.3 Å². The first kappa shape index (κ1) is 11.3. The first-order valence-corrected chi connectivity index (χ1v) is 5.86. The van der Waals surface area contributed by atoms with Crippen LogP contribution in [0.3, 0.4) is 0 Å². The van der Waals surface area contributed by atoms with Gasteiger partial charge >= 0.3 is 5.97 Å². The number of esters is 1. The average molecular weight is 286 g/mol. The summed E-state index contributed by atoms with van der Waals surface area (Å²) in [6.07, 6.45) is -0.561. The summed E-state index contributed by atoms with van der Waals surface area (Å²) >= 11 is 3.37. The standard InChI is InChI=1S/C11H12BrNO3/c1-2-15-11(14)10-6-13-8-5-7(12)3-4-9(8)16-10/h3-5,10,13H,2,6H2,1H3/t10-/m0/s1. The molecule has 4 nitrogen and oxygen atoms in total. The van der Waals surface area contributed by atoms with Gasteiger partial charge in [-0.15, -0.1) is 0 Å². The highest BCUT2D eigenvalue weighted by atomic mass is 79.9. The van der Waals surface area contributed by atoms with Gasteiger partial charge in [0.15, 0.2) is 0 Å². The highest BCUT2D eigenvalue weighted by Crippen LogP contribution is 2.31. The van der Waals surface area contributed by atoms with Crippen molar-refractivity contribution in [3.8, 4) is 5.75 Å². The minimum atomic E-state index is -0.561. The Morgan fingerprint density at radius 2 is 2.50 bits per heavy atom. The van der Waals surface area contributed by atoms with Crippen LogP contribution in [0.25, 0.3) is 0 Å². The Balaban J connectivity index is 2.12. The van der Waals surface area contributed by atoms with Crippen molar-refractivity contribution in [2.24, 2.45) is 0 Å². The molecule has 0 aromatic heterocycles. The minimum absolute atomic E-state index is 0.330. The van der Waals surface area contributed by atoms with Crippen molar-refractivity contribution in [3.05, 3.63) is 22.7 Å². The number of fused-ring (bicyclic) bond motifs is 1. The van der Waals surface area contributed by atoms with E-state index in [-0.39, 0.29) is 5.97 Å². The number of nitrogens with one attached hydrogen (secondary N) is 1. The fourth-order valence-electron chi connectivity index (χ4n) is 1.51. The molecule has 86 valence electrons. The summed E-state index contributed by atoms with van der Waals surface area (Å²) in [4.78, 5) is 11.5. The van der Waals surface area contributed by atoms with Crippen LogP contribution in [0, 0.1) is 0 Å². The van der Waals surface area contributed by atoms with E-state index in [1.165, 1.54) is 0 Å². The summed E-state index contributed by atoms with van der Waals surface area (Å²) < 4.78 is 11.4. The Bertz CT molecular complexity index is 408. The predicted molar refractivity (Wildman–Crippen MR) is 63.7 cm³/mol. The number of hydrogen-bond acceptors (Lipinski definition) is 4. The first-order chi connectivity index (χ1) is 7.70. The molecule has 1 atom stereocenters. The van der Waals surface area contributed by atoms with Gasteiger partial charge in [-0.3, -0.25) is 0 Å². The quantitative estimate of drug-likeness (QED) is 0.847. The lowest BCUT2D eigenvalue weighted by atomic mass is 10.2. The van der Waals surface area contributed by atoms with Crippen LogP contribution in [0.15, 0.2) is 22.7 Å². The number of halogens is 1. The zero-order valence-corrected chi connectivity index (χ0v) is 10.4. The Kier molecular flexibility index (Phi) is 3.33. The van der Waals surface area contributed by atoms with Crippen LogP contribution in [-0.2, 0) is 9.53 Å². The van der Waals surface area contributed by atoms with Gasteiger partial charge < -0.3 is 14.8 Å². The van der Waals surface area contributed by atoms with Gasteiger partial charge in [-0.1, -0.05) is 15.9 Å². The van der Waals surface area contributed by atoms with Crippen LogP contribution in [0.1, 0.15) is 6.92 Å². The molecule has 1 aliphatic heterocycles. The fourth-order valence-corrected chi connectivity index (χ4v) is 1.87. The topological polar surface area (TPSA) is 47.6 Å². The van der Waals surface area contributed by atoms with E-state index in [9.17, 15) is 4.79 Å². The van der Waals surface area contributed by atoms with E-state index in [4.69, 9.17) is 9.47 Å². The van der Waals surface area contributed by atoms with E-state index >= 15 is 0 Å². The second kappa shape index (κ2) is 4.74. The Morgan fingerprint density at radius 1 is 1.69 bits per heavy atom. The number of carbonyl (C=O) groups is 1. The third-order valence-electron chi connectivity index (χ3n) is 2.24. The van der Waals surface area contributed by atoms with Gasteiger partial charge in [-0.05, 0) is 25.1 Å². The Labute approximate surface area is 102 Å². The lowest BCUT2D eigenvalue weighted by molar-refractivity contribution is -0.150. The van der Waals surface area contributed by atoms with Crippen LogP contribution in [-0.4, -0.2) is 25.2 Å². The molecule has 0 saturated carbocycles. The van der Waals surface area contributed by atoms with Crippen LogP contribution in [0.5, 0.6) is 5.75 Å². The first-order valence-electron chi connectivity index (χ1n) is 5.07. The van der Waals surface area contributed by atoms with Crippen molar-refractivity contribution in [1.29, 1.82) is 0 Å². The third-order valence-corrected chi connectivity index (χ3v) is 2.73. The van der Waals surface area contributed by atoms with E-state index in [1.807, 2.05) is 18.2 Å². The van der Waals surface area contributed by atoms with Crippen molar-refractivity contribution in [2.75, 3.05) is 18.5 Å². The summed E-state index contributed by atoms with van der Waals surface area (Å²) in [7, 11) is 0. The lowest BCUT2D eigenvalue weighted by Gasteiger charge is -2.25. The average Bonchev–Trinajstić information content (AvgIpc) is 2.28. The molecule has 0 fully saturated rings. The molecule has 1 aromatic rings.